The van der Waals surface area contributed by atoms with Crippen molar-refractivity contribution in [1.29, 1.82) is 0 Å². The van der Waals surface area contributed by atoms with Crippen molar-refractivity contribution >= 4 is 23.2 Å². The summed E-state index contributed by atoms with van der Waals surface area (Å²) in [4.78, 5) is 16.1. The first-order chi connectivity index (χ1) is 11.6. The predicted octanol–water partition coefficient (Wildman–Crippen LogP) is 4.10. The van der Waals surface area contributed by atoms with Gasteiger partial charge in [-0.25, -0.2) is 4.39 Å². The highest BCUT2D eigenvalue weighted by Gasteiger charge is 2.11. The normalized spacial score (nSPS) is 10.6. The van der Waals surface area contributed by atoms with Crippen LogP contribution in [-0.4, -0.2) is 16.0 Å². The number of aromatic nitrogens is 2. The third kappa shape index (κ3) is 4.17. The van der Waals surface area contributed by atoms with Crippen LogP contribution < -0.4 is 5.32 Å². The van der Waals surface area contributed by atoms with Crippen molar-refractivity contribution in [1.82, 2.24) is 10.1 Å². The number of anilines is 1. The number of hydrogen-bond donors (Lipinski definition) is 1. The molecule has 0 saturated heterocycles. The molecule has 0 aliphatic rings. The molecule has 1 amide bonds. The van der Waals surface area contributed by atoms with E-state index in [1.54, 1.807) is 36.4 Å². The Morgan fingerprint density at radius 2 is 2.04 bits per heavy atom. The summed E-state index contributed by atoms with van der Waals surface area (Å²) in [6.07, 6.45) is 0.464. The Balaban J connectivity index is 1.58. The summed E-state index contributed by atoms with van der Waals surface area (Å²) in [5.74, 6) is 0.0396. The number of hydrogen-bond acceptors (Lipinski definition) is 4. The molecule has 1 heterocycles. The Morgan fingerprint density at radius 1 is 1.21 bits per heavy atom. The minimum absolute atomic E-state index is 0.178. The maximum absolute atomic E-state index is 13.2. The zero-order valence-corrected chi connectivity index (χ0v) is 13.3. The van der Waals surface area contributed by atoms with E-state index in [1.165, 1.54) is 12.1 Å². The molecule has 1 aromatic heterocycles. The van der Waals surface area contributed by atoms with Crippen molar-refractivity contribution in [2.24, 2.45) is 0 Å². The van der Waals surface area contributed by atoms with Crippen LogP contribution in [0.15, 0.2) is 53.1 Å². The molecule has 122 valence electrons. The van der Waals surface area contributed by atoms with Gasteiger partial charge in [0, 0.05) is 29.1 Å². The second-order valence-corrected chi connectivity index (χ2v) is 5.52. The molecule has 7 heteroatoms. The molecule has 0 saturated carbocycles. The molecule has 0 unspecified atom stereocenters. The SMILES string of the molecule is O=C(CCc1nc(-c2cccc(F)c2)no1)Nc1cccc(Cl)c1. The third-order valence-electron chi connectivity index (χ3n) is 3.23. The number of halogens is 2. The Hall–Kier alpha value is -2.73. The molecule has 0 fully saturated rings. The third-order valence-corrected chi connectivity index (χ3v) is 3.46. The minimum atomic E-state index is -0.375. The fourth-order valence-corrected chi connectivity index (χ4v) is 2.30. The first-order valence-corrected chi connectivity index (χ1v) is 7.62. The van der Waals surface area contributed by atoms with Crippen LogP contribution in [0, 0.1) is 5.82 Å². The molecule has 5 nitrogen and oxygen atoms in total. The lowest BCUT2D eigenvalue weighted by Gasteiger charge is -2.04. The summed E-state index contributed by atoms with van der Waals surface area (Å²) < 4.78 is 18.3. The van der Waals surface area contributed by atoms with Crippen LogP contribution in [0.3, 0.4) is 0 Å². The minimum Gasteiger partial charge on any atom is -0.339 e. The molecule has 2 aromatic carbocycles. The van der Waals surface area contributed by atoms with E-state index < -0.39 is 0 Å². The summed E-state index contributed by atoms with van der Waals surface area (Å²) in [5, 5.41) is 7.08. The fourth-order valence-electron chi connectivity index (χ4n) is 2.11. The van der Waals surface area contributed by atoms with Gasteiger partial charge < -0.3 is 9.84 Å². The van der Waals surface area contributed by atoms with E-state index in [9.17, 15) is 9.18 Å². The van der Waals surface area contributed by atoms with Gasteiger partial charge in [-0.05, 0) is 30.3 Å². The Labute approximate surface area is 142 Å². The van der Waals surface area contributed by atoms with Crippen LogP contribution in [-0.2, 0) is 11.2 Å². The van der Waals surface area contributed by atoms with Gasteiger partial charge in [0.05, 0.1) is 0 Å². The average Bonchev–Trinajstić information content (AvgIpc) is 3.02. The Morgan fingerprint density at radius 3 is 2.83 bits per heavy atom. The molecule has 3 aromatic rings. The fraction of sp³-hybridized carbons (Fsp3) is 0.118. The van der Waals surface area contributed by atoms with Gasteiger partial charge in [0.25, 0.3) is 0 Å². The number of nitrogens with one attached hydrogen (secondary N) is 1. The van der Waals surface area contributed by atoms with Crippen molar-refractivity contribution in [3.05, 3.63) is 65.3 Å². The van der Waals surface area contributed by atoms with Crippen molar-refractivity contribution < 1.29 is 13.7 Å². The van der Waals surface area contributed by atoms with Crippen LogP contribution >= 0.6 is 11.6 Å². The molecule has 0 bridgehead atoms. The van der Waals surface area contributed by atoms with Crippen LogP contribution in [0.1, 0.15) is 12.3 Å². The quantitative estimate of drug-likeness (QED) is 0.756. The van der Waals surface area contributed by atoms with Gasteiger partial charge in [-0.2, -0.15) is 4.98 Å². The molecule has 0 aliphatic carbocycles. The van der Waals surface area contributed by atoms with Crippen molar-refractivity contribution in [2.75, 3.05) is 5.32 Å². The van der Waals surface area contributed by atoms with E-state index >= 15 is 0 Å². The summed E-state index contributed by atoms with van der Waals surface area (Å²) in [6, 6.07) is 12.8. The Bertz CT molecular complexity index is 866. The van der Waals surface area contributed by atoms with Gasteiger partial charge in [-0.15, -0.1) is 0 Å². The van der Waals surface area contributed by atoms with Crippen LogP contribution in [0.4, 0.5) is 10.1 Å². The number of rotatable bonds is 5. The number of benzene rings is 2. The topological polar surface area (TPSA) is 68.0 Å². The van der Waals surface area contributed by atoms with Gasteiger partial charge in [-0.3, -0.25) is 4.79 Å². The van der Waals surface area contributed by atoms with Crippen molar-refractivity contribution in [3.63, 3.8) is 0 Å². The molecule has 0 radical (unpaired) electrons. The molecule has 0 spiro atoms. The highest BCUT2D eigenvalue weighted by Crippen LogP contribution is 2.18. The zero-order chi connectivity index (χ0) is 16.9. The Kier molecular flexibility index (Phi) is 4.86. The van der Waals surface area contributed by atoms with Crippen molar-refractivity contribution in [3.8, 4) is 11.4 Å². The summed E-state index contributed by atoms with van der Waals surface area (Å²) in [6.45, 7) is 0. The zero-order valence-electron chi connectivity index (χ0n) is 12.5. The summed E-state index contributed by atoms with van der Waals surface area (Å²) >= 11 is 5.86. The van der Waals surface area contributed by atoms with Crippen LogP contribution in [0.2, 0.25) is 5.02 Å². The summed E-state index contributed by atoms with van der Waals surface area (Å²) in [5.41, 5.74) is 1.15. The molecule has 24 heavy (non-hydrogen) atoms. The largest absolute Gasteiger partial charge is 0.339 e. The number of aryl methyl sites for hydroxylation is 1. The number of amides is 1. The lowest BCUT2D eigenvalue weighted by Crippen LogP contribution is -2.12. The lowest BCUT2D eigenvalue weighted by atomic mass is 10.2. The van der Waals surface area contributed by atoms with Crippen LogP contribution in [0.25, 0.3) is 11.4 Å². The first-order valence-electron chi connectivity index (χ1n) is 7.24. The van der Waals surface area contributed by atoms with Gasteiger partial charge in [-0.1, -0.05) is 35.0 Å². The lowest BCUT2D eigenvalue weighted by molar-refractivity contribution is -0.116. The molecular weight excluding hydrogens is 333 g/mol. The van der Waals surface area contributed by atoms with Gasteiger partial charge in [0.2, 0.25) is 17.6 Å². The second kappa shape index (κ2) is 7.23. The maximum atomic E-state index is 13.2. The van der Waals surface area contributed by atoms with E-state index in [-0.39, 0.29) is 24.6 Å². The standard InChI is InChI=1S/C17H13ClFN3O2/c18-12-4-2-6-14(10-12)20-15(23)7-8-16-21-17(22-24-16)11-3-1-5-13(19)9-11/h1-6,9-10H,7-8H2,(H,20,23). The van der Waals surface area contributed by atoms with E-state index in [2.05, 4.69) is 15.5 Å². The van der Waals surface area contributed by atoms with Gasteiger partial charge in [0.15, 0.2) is 0 Å². The van der Waals surface area contributed by atoms with E-state index in [0.717, 1.165) is 0 Å². The molecule has 3 rings (SSSR count). The number of nitrogens with zero attached hydrogens (tertiary/aromatic N) is 2. The molecular formula is C17H13ClFN3O2. The highest BCUT2D eigenvalue weighted by molar-refractivity contribution is 6.30. The van der Waals surface area contributed by atoms with E-state index in [4.69, 9.17) is 16.1 Å². The predicted molar refractivity (Wildman–Crippen MR) is 88.1 cm³/mol. The average molecular weight is 346 g/mol. The number of carbonyl (C=O) groups excluding carboxylic acids is 1. The first kappa shape index (κ1) is 16.1. The summed E-state index contributed by atoms with van der Waals surface area (Å²) in [7, 11) is 0. The van der Waals surface area contributed by atoms with Crippen molar-refractivity contribution in [2.45, 2.75) is 12.8 Å². The van der Waals surface area contributed by atoms with Gasteiger partial charge in [0.1, 0.15) is 5.82 Å². The smallest absolute Gasteiger partial charge is 0.227 e. The number of carbonyl (C=O) groups is 1. The monoisotopic (exact) mass is 345 g/mol. The molecule has 0 atom stereocenters. The van der Waals surface area contributed by atoms with Crippen LogP contribution in [0.5, 0.6) is 0 Å². The second-order valence-electron chi connectivity index (χ2n) is 5.08. The van der Waals surface area contributed by atoms with Gasteiger partial charge >= 0.3 is 0 Å². The molecule has 1 N–H and O–H groups in total. The van der Waals surface area contributed by atoms with E-state index in [0.29, 0.717) is 28.0 Å². The molecule has 0 aliphatic heterocycles. The highest BCUT2D eigenvalue weighted by atomic mass is 35.5. The maximum Gasteiger partial charge on any atom is 0.227 e. The van der Waals surface area contributed by atoms with E-state index in [1.807, 2.05) is 0 Å².